The molecule has 1 aliphatic heterocycles. The average Bonchev–Trinajstić information content (AvgIpc) is 3.68. The molecule has 1 aliphatic rings. The maximum Gasteiger partial charge on any atom is 0.178 e. The number of aromatic nitrogens is 6. The number of nitrogens with zero attached hydrogens (tertiary/aromatic N) is 5. The summed E-state index contributed by atoms with van der Waals surface area (Å²) in [4.78, 5) is 19.2. The van der Waals surface area contributed by atoms with Crippen molar-refractivity contribution in [2.24, 2.45) is 0 Å². The first-order valence-corrected chi connectivity index (χ1v) is 12.6. The lowest BCUT2D eigenvalue weighted by molar-refractivity contribution is 0.331. The molecule has 7 nitrogen and oxygen atoms in total. The lowest BCUT2D eigenvalue weighted by Gasteiger charge is -2.14. The van der Waals surface area contributed by atoms with E-state index >= 15 is 4.39 Å². The van der Waals surface area contributed by atoms with E-state index in [-0.39, 0.29) is 11.3 Å². The van der Waals surface area contributed by atoms with Crippen LogP contribution in [0.15, 0.2) is 67.1 Å². The summed E-state index contributed by atoms with van der Waals surface area (Å²) in [5.74, 6) is -0.287. The van der Waals surface area contributed by atoms with Crippen LogP contribution in [-0.2, 0) is 6.54 Å². The second-order valence-corrected chi connectivity index (χ2v) is 9.67. The minimum Gasteiger partial charge on any atom is -0.335 e. The summed E-state index contributed by atoms with van der Waals surface area (Å²) in [6.07, 6.45) is 7.71. The van der Waals surface area contributed by atoms with Gasteiger partial charge in [0.2, 0.25) is 0 Å². The topological polar surface area (TPSA) is 86.4 Å². The Bertz CT molecular complexity index is 1800. The van der Waals surface area contributed by atoms with Crippen molar-refractivity contribution in [3.63, 3.8) is 0 Å². The third kappa shape index (κ3) is 4.01. The molecule has 5 heterocycles. The third-order valence-electron chi connectivity index (χ3n) is 7.11. The SMILES string of the molecule is Fc1cccc(-c2ccnc3nc(-c4[nH]nc5c(F)cc(-c6cncc(CN7CCCC7)c6)cc45)[nH]c23)c1. The Labute approximate surface area is 216 Å². The van der Waals surface area contributed by atoms with Gasteiger partial charge in [-0.25, -0.2) is 18.7 Å². The van der Waals surface area contributed by atoms with E-state index in [4.69, 9.17) is 0 Å². The number of imidazole rings is 1. The molecule has 188 valence electrons. The minimum absolute atomic E-state index is 0.226. The average molecular weight is 508 g/mol. The van der Waals surface area contributed by atoms with Crippen LogP contribution in [0.2, 0.25) is 0 Å². The van der Waals surface area contributed by atoms with Crippen molar-refractivity contribution in [1.29, 1.82) is 0 Å². The number of nitrogens with one attached hydrogen (secondary N) is 2. The van der Waals surface area contributed by atoms with E-state index < -0.39 is 5.82 Å². The maximum absolute atomic E-state index is 15.2. The number of pyridine rings is 2. The second kappa shape index (κ2) is 9.11. The lowest BCUT2D eigenvalue weighted by Crippen LogP contribution is -2.18. The molecule has 2 aromatic carbocycles. The number of hydrogen-bond acceptors (Lipinski definition) is 5. The van der Waals surface area contributed by atoms with E-state index in [9.17, 15) is 4.39 Å². The van der Waals surface area contributed by atoms with Gasteiger partial charge >= 0.3 is 0 Å². The molecule has 0 atom stereocenters. The van der Waals surface area contributed by atoms with Gasteiger partial charge in [0, 0.05) is 41.6 Å². The van der Waals surface area contributed by atoms with Crippen molar-refractivity contribution in [3.8, 4) is 33.8 Å². The number of benzene rings is 2. The quantitative estimate of drug-likeness (QED) is 0.294. The molecule has 7 rings (SSSR count). The Balaban J connectivity index is 1.31. The fourth-order valence-corrected chi connectivity index (χ4v) is 5.28. The van der Waals surface area contributed by atoms with Crippen LogP contribution in [0.1, 0.15) is 18.4 Å². The van der Waals surface area contributed by atoms with Gasteiger partial charge in [0.05, 0.1) is 5.52 Å². The van der Waals surface area contributed by atoms with Gasteiger partial charge in [-0.2, -0.15) is 5.10 Å². The number of fused-ring (bicyclic) bond motifs is 2. The zero-order valence-electron chi connectivity index (χ0n) is 20.4. The molecule has 0 bridgehead atoms. The van der Waals surface area contributed by atoms with E-state index in [1.807, 2.05) is 24.4 Å². The van der Waals surface area contributed by atoms with Crippen molar-refractivity contribution in [2.75, 3.05) is 13.1 Å². The second-order valence-electron chi connectivity index (χ2n) is 9.67. The molecule has 0 saturated carbocycles. The summed E-state index contributed by atoms with van der Waals surface area (Å²) in [5, 5.41) is 7.76. The summed E-state index contributed by atoms with van der Waals surface area (Å²) in [6, 6.07) is 13.6. The predicted molar refractivity (Wildman–Crippen MR) is 142 cm³/mol. The summed E-state index contributed by atoms with van der Waals surface area (Å²) in [5.41, 5.74) is 6.03. The minimum atomic E-state index is -0.431. The normalized spacial score (nSPS) is 14.2. The van der Waals surface area contributed by atoms with Crippen molar-refractivity contribution in [2.45, 2.75) is 19.4 Å². The molecule has 0 unspecified atom stereocenters. The van der Waals surface area contributed by atoms with Crippen molar-refractivity contribution >= 4 is 22.1 Å². The van der Waals surface area contributed by atoms with Crippen LogP contribution >= 0.6 is 0 Å². The van der Waals surface area contributed by atoms with Gasteiger partial charge in [-0.15, -0.1) is 0 Å². The van der Waals surface area contributed by atoms with Gasteiger partial charge in [0.25, 0.3) is 0 Å². The van der Waals surface area contributed by atoms with Crippen LogP contribution in [0.3, 0.4) is 0 Å². The molecule has 0 amide bonds. The van der Waals surface area contributed by atoms with Crippen molar-refractivity contribution in [3.05, 3.63) is 84.3 Å². The first kappa shape index (κ1) is 22.7. The Morgan fingerprint density at radius 2 is 1.82 bits per heavy atom. The first-order valence-electron chi connectivity index (χ1n) is 12.6. The Morgan fingerprint density at radius 1 is 0.921 bits per heavy atom. The summed E-state index contributed by atoms with van der Waals surface area (Å²) >= 11 is 0. The van der Waals surface area contributed by atoms with Crippen LogP contribution in [-0.4, -0.2) is 48.1 Å². The maximum atomic E-state index is 15.2. The van der Waals surface area contributed by atoms with Gasteiger partial charge in [-0.3, -0.25) is 15.0 Å². The largest absolute Gasteiger partial charge is 0.335 e. The highest BCUT2D eigenvalue weighted by molar-refractivity contribution is 5.97. The van der Waals surface area contributed by atoms with Crippen LogP contribution in [0.5, 0.6) is 0 Å². The number of halogens is 2. The molecule has 2 N–H and O–H groups in total. The fraction of sp³-hybridized carbons (Fsp3) is 0.172. The monoisotopic (exact) mass is 507 g/mol. The highest BCUT2D eigenvalue weighted by atomic mass is 19.1. The highest BCUT2D eigenvalue weighted by Gasteiger charge is 2.19. The standard InChI is InChI=1S/C29H23F2N7/c30-21-5-3-4-18(11-21)22-6-7-33-28-26(22)34-29(35-28)27-23-12-19(13-24(31)25(23)36-37-27)20-10-17(14-32-15-20)16-38-8-1-2-9-38/h3-7,10-15H,1-2,8-9,16H2,(H,36,37)(H,33,34,35). The smallest absolute Gasteiger partial charge is 0.178 e. The molecule has 38 heavy (non-hydrogen) atoms. The number of likely N-dealkylation sites (tertiary alicyclic amines) is 1. The van der Waals surface area contributed by atoms with Crippen LogP contribution < -0.4 is 0 Å². The van der Waals surface area contributed by atoms with Crippen molar-refractivity contribution in [1.82, 2.24) is 35.0 Å². The molecule has 0 radical (unpaired) electrons. The molecule has 0 aliphatic carbocycles. The lowest BCUT2D eigenvalue weighted by atomic mass is 10.0. The predicted octanol–water partition coefficient (Wildman–Crippen LogP) is 6.10. The van der Waals surface area contributed by atoms with Crippen molar-refractivity contribution < 1.29 is 8.78 Å². The van der Waals surface area contributed by atoms with Gasteiger partial charge in [-0.1, -0.05) is 12.1 Å². The van der Waals surface area contributed by atoms with Gasteiger partial charge in [0.15, 0.2) is 17.3 Å². The Kier molecular flexibility index (Phi) is 5.44. The van der Waals surface area contributed by atoms with E-state index in [1.165, 1.54) is 31.0 Å². The molecule has 9 heteroatoms. The molecule has 4 aromatic heterocycles. The molecule has 1 fully saturated rings. The number of hydrogen-bond donors (Lipinski definition) is 2. The molecule has 1 saturated heterocycles. The first-order chi connectivity index (χ1) is 18.6. The summed E-state index contributed by atoms with van der Waals surface area (Å²) in [6.45, 7) is 3.02. The van der Waals surface area contributed by atoms with Crippen LogP contribution in [0.4, 0.5) is 8.78 Å². The van der Waals surface area contributed by atoms with E-state index in [2.05, 4.69) is 41.1 Å². The van der Waals surface area contributed by atoms with Crippen LogP contribution in [0, 0.1) is 11.6 Å². The zero-order valence-corrected chi connectivity index (χ0v) is 20.4. The van der Waals surface area contributed by atoms with Gasteiger partial charge in [-0.05, 0) is 79.0 Å². The number of H-pyrrole nitrogens is 2. The van der Waals surface area contributed by atoms with Gasteiger partial charge in [0.1, 0.15) is 17.0 Å². The highest BCUT2D eigenvalue weighted by Crippen LogP contribution is 2.34. The summed E-state index contributed by atoms with van der Waals surface area (Å²) < 4.78 is 29.1. The van der Waals surface area contributed by atoms with E-state index in [0.717, 1.165) is 36.3 Å². The third-order valence-corrected chi connectivity index (χ3v) is 7.11. The van der Waals surface area contributed by atoms with E-state index in [1.54, 1.807) is 18.5 Å². The number of rotatable bonds is 5. The fourth-order valence-electron chi connectivity index (χ4n) is 5.28. The molecular formula is C29H23F2N7. The van der Waals surface area contributed by atoms with Gasteiger partial charge < -0.3 is 4.98 Å². The zero-order chi connectivity index (χ0) is 25.6. The van der Waals surface area contributed by atoms with E-state index in [0.29, 0.717) is 39.2 Å². The van der Waals surface area contributed by atoms with Crippen LogP contribution in [0.25, 0.3) is 55.8 Å². The Morgan fingerprint density at radius 3 is 2.68 bits per heavy atom. The number of aromatic amines is 2. The Hall–Kier alpha value is -4.50. The molecular weight excluding hydrogens is 484 g/mol. The molecule has 6 aromatic rings. The molecule has 0 spiro atoms. The summed E-state index contributed by atoms with van der Waals surface area (Å²) in [7, 11) is 0.